The van der Waals surface area contributed by atoms with Crippen molar-refractivity contribution in [3.05, 3.63) is 52.8 Å². The van der Waals surface area contributed by atoms with Gasteiger partial charge in [0, 0.05) is 17.5 Å². The highest BCUT2D eigenvalue weighted by Gasteiger charge is 2.17. The number of hydrogen-bond acceptors (Lipinski definition) is 5. The summed E-state index contributed by atoms with van der Waals surface area (Å²) in [7, 11) is -3.69. The quantitative estimate of drug-likeness (QED) is 0.446. The number of anilines is 2. The summed E-state index contributed by atoms with van der Waals surface area (Å²) in [5.41, 5.74) is 5.66. The van der Waals surface area contributed by atoms with Crippen LogP contribution in [0.1, 0.15) is 10.4 Å². The molecule has 7 nitrogen and oxygen atoms in total. The van der Waals surface area contributed by atoms with Crippen LogP contribution in [0.2, 0.25) is 5.02 Å². The van der Waals surface area contributed by atoms with Gasteiger partial charge in [-0.1, -0.05) is 11.6 Å². The molecular weight excluding hydrogens is 406 g/mol. The molecule has 0 radical (unpaired) electrons. The van der Waals surface area contributed by atoms with Gasteiger partial charge in [-0.25, -0.2) is 12.8 Å². The van der Waals surface area contributed by atoms with Gasteiger partial charge in [-0.05, 0) is 36.4 Å². The number of carbonyl (C=O) groups excluding carboxylic acids is 1. The number of hydrogen-bond donors (Lipinski definition) is 4. The van der Waals surface area contributed by atoms with E-state index in [-0.39, 0.29) is 33.6 Å². The van der Waals surface area contributed by atoms with E-state index in [4.69, 9.17) is 22.7 Å². The van der Waals surface area contributed by atoms with E-state index in [1.807, 2.05) is 0 Å². The molecule has 0 heterocycles. The Morgan fingerprint density at radius 2 is 1.88 bits per heavy atom. The Kier molecular flexibility index (Phi) is 6.96. The Morgan fingerprint density at radius 3 is 2.42 bits per heavy atom. The Labute approximate surface area is 160 Å². The van der Waals surface area contributed by atoms with Crippen molar-refractivity contribution in [3.63, 3.8) is 0 Å². The van der Waals surface area contributed by atoms with Gasteiger partial charge in [-0.15, -0.1) is 12.4 Å². The number of amides is 1. The van der Waals surface area contributed by atoms with Crippen molar-refractivity contribution in [2.24, 2.45) is 5.73 Å². The van der Waals surface area contributed by atoms with Crippen molar-refractivity contribution < 1.29 is 17.6 Å². The van der Waals surface area contributed by atoms with Gasteiger partial charge in [0.05, 0.1) is 15.6 Å². The third-order valence-electron chi connectivity index (χ3n) is 3.09. The lowest BCUT2D eigenvalue weighted by molar-refractivity contribution is 0.0976. The maximum absolute atomic E-state index is 13.2. The molecule has 2 rings (SSSR count). The van der Waals surface area contributed by atoms with Crippen molar-refractivity contribution in [3.8, 4) is 0 Å². The summed E-state index contributed by atoms with van der Waals surface area (Å²) in [5.74, 6) is -1.88. The van der Waals surface area contributed by atoms with Crippen LogP contribution >= 0.6 is 24.0 Å². The molecular formula is C15H15Cl2FN4O3S. The highest BCUT2D eigenvalue weighted by Crippen LogP contribution is 2.28. The van der Waals surface area contributed by atoms with Gasteiger partial charge < -0.3 is 11.1 Å². The Hall–Kier alpha value is -2.36. The normalized spacial score (nSPS) is 10.6. The first-order valence-corrected chi connectivity index (χ1v) is 9.06. The molecule has 0 aromatic heterocycles. The van der Waals surface area contributed by atoms with Gasteiger partial charge in [0.2, 0.25) is 0 Å². The van der Waals surface area contributed by atoms with Gasteiger partial charge in [0.25, 0.3) is 5.91 Å². The maximum Gasteiger partial charge on any atom is 0.257 e. The van der Waals surface area contributed by atoms with E-state index in [1.54, 1.807) is 0 Å². The predicted octanol–water partition coefficient (Wildman–Crippen LogP) is 2.67. The summed E-state index contributed by atoms with van der Waals surface area (Å²) in [4.78, 5) is 11.7. The first kappa shape index (κ1) is 21.7. The predicted molar refractivity (Wildman–Crippen MR) is 101 cm³/mol. The van der Waals surface area contributed by atoms with Crippen LogP contribution in [0.15, 0.2) is 41.3 Å². The van der Waals surface area contributed by atoms with E-state index >= 15 is 0 Å². The van der Waals surface area contributed by atoms with Crippen molar-refractivity contribution in [1.82, 2.24) is 5.32 Å². The molecule has 0 saturated heterocycles. The van der Waals surface area contributed by atoms with Crippen LogP contribution in [-0.4, -0.2) is 26.5 Å². The molecule has 0 unspecified atom stereocenters. The summed E-state index contributed by atoms with van der Waals surface area (Å²) in [5, 5.41) is 11.8. The molecule has 0 aliphatic carbocycles. The standard InChI is InChI=1S/C15H14ClFN4O3S.ClH/c1-25(23,24)13-6-8(14(22)21-15(18)19)2-5-12(13)20-9-3-4-11(17)10(16)7-9;/h2-7,20H,1H3,(H4,18,19,21,22);1H. The minimum absolute atomic E-state index is 0. The zero-order valence-electron chi connectivity index (χ0n) is 13.3. The topological polar surface area (TPSA) is 125 Å². The summed E-state index contributed by atoms with van der Waals surface area (Å²) in [6.45, 7) is 0. The van der Waals surface area contributed by atoms with E-state index in [9.17, 15) is 17.6 Å². The molecule has 11 heteroatoms. The van der Waals surface area contributed by atoms with Crippen molar-refractivity contribution in [2.75, 3.05) is 11.6 Å². The summed E-state index contributed by atoms with van der Waals surface area (Å²) in [6.07, 6.45) is 0.984. The molecule has 0 aliphatic rings. The molecule has 5 N–H and O–H groups in total. The number of sulfone groups is 1. The average molecular weight is 421 g/mol. The largest absolute Gasteiger partial charge is 0.370 e. The van der Waals surface area contributed by atoms with Gasteiger partial charge in [0.1, 0.15) is 5.82 Å². The fourth-order valence-corrected chi connectivity index (χ4v) is 3.04. The lowest BCUT2D eigenvalue weighted by Crippen LogP contribution is -2.35. The molecule has 0 spiro atoms. The fraction of sp³-hybridized carbons (Fsp3) is 0.0667. The fourth-order valence-electron chi connectivity index (χ4n) is 2.00. The van der Waals surface area contributed by atoms with Crippen LogP contribution in [0.4, 0.5) is 15.8 Å². The second-order valence-corrected chi connectivity index (χ2v) is 7.50. The third kappa shape index (κ3) is 5.32. The van der Waals surface area contributed by atoms with Crippen molar-refractivity contribution in [1.29, 1.82) is 5.41 Å². The number of guanidine groups is 1. The molecule has 0 atom stereocenters. The zero-order valence-corrected chi connectivity index (χ0v) is 15.7. The van der Waals surface area contributed by atoms with Gasteiger partial charge in [0.15, 0.2) is 15.8 Å². The summed E-state index contributed by atoms with van der Waals surface area (Å²) in [6, 6.07) is 7.73. The molecule has 2 aromatic carbocycles. The summed E-state index contributed by atoms with van der Waals surface area (Å²) >= 11 is 5.71. The highest BCUT2D eigenvalue weighted by molar-refractivity contribution is 7.90. The number of halogens is 3. The Morgan fingerprint density at radius 1 is 1.23 bits per heavy atom. The van der Waals surface area contributed by atoms with E-state index in [0.717, 1.165) is 18.4 Å². The van der Waals surface area contributed by atoms with E-state index in [0.29, 0.717) is 5.69 Å². The Bertz CT molecular complexity index is 967. The van der Waals surface area contributed by atoms with Gasteiger partial charge in [-0.2, -0.15) is 0 Å². The highest BCUT2D eigenvalue weighted by atomic mass is 35.5. The van der Waals surface area contributed by atoms with Crippen LogP contribution in [-0.2, 0) is 9.84 Å². The Balaban J connectivity index is 0.00000338. The van der Waals surface area contributed by atoms with Gasteiger partial charge >= 0.3 is 0 Å². The van der Waals surface area contributed by atoms with Crippen LogP contribution in [0, 0.1) is 11.2 Å². The second kappa shape index (κ2) is 8.35. The van der Waals surface area contributed by atoms with Crippen molar-refractivity contribution in [2.45, 2.75) is 4.90 Å². The van der Waals surface area contributed by atoms with Crippen LogP contribution in [0.5, 0.6) is 0 Å². The average Bonchev–Trinajstić information content (AvgIpc) is 2.49. The van der Waals surface area contributed by atoms with Crippen molar-refractivity contribution >= 4 is 57.1 Å². The first-order valence-electron chi connectivity index (χ1n) is 6.79. The van der Waals surface area contributed by atoms with Crippen LogP contribution in [0.3, 0.4) is 0 Å². The minimum atomic E-state index is -3.69. The number of nitrogens with one attached hydrogen (secondary N) is 3. The molecule has 1 amide bonds. The SMILES string of the molecule is CS(=O)(=O)c1cc(C(=O)NC(=N)N)ccc1Nc1ccc(F)c(Cl)c1.Cl. The monoisotopic (exact) mass is 420 g/mol. The van der Waals surface area contributed by atoms with E-state index in [1.165, 1.54) is 24.3 Å². The van der Waals surface area contributed by atoms with Gasteiger partial charge in [-0.3, -0.25) is 15.5 Å². The number of nitrogens with two attached hydrogens (primary N) is 1. The molecule has 0 bridgehead atoms. The van der Waals surface area contributed by atoms with Crippen LogP contribution in [0.25, 0.3) is 0 Å². The molecule has 140 valence electrons. The van der Waals surface area contributed by atoms with E-state index in [2.05, 4.69) is 10.6 Å². The van der Waals surface area contributed by atoms with E-state index < -0.39 is 27.5 Å². The lowest BCUT2D eigenvalue weighted by atomic mass is 10.2. The number of carbonyl (C=O) groups is 1. The minimum Gasteiger partial charge on any atom is -0.370 e. The first-order chi connectivity index (χ1) is 11.6. The summed E-state index contributed by atoms with van der Waals surface area (Å²) < 4.78 is 37.3. The smallest absolute Gasteiger partial charge is 0.257 e. The molecule has 0 fully saturated rings. The van der Waals surface area contributed by atoms with Crippen LogP contribution < -0.4 is 16.4 Å². The third-order valence-corrected chi connectivity index (χ3v) is 4.52. The maximum atomic E-state index is 13.2. The zero-order chi connectivity index (χ0) is 18.8. The molecule has 0 saturated carbocycles. The molecule has 0 aliphatic heterocycles. The second-order valence-electron chi connectivity index (χ2n) is 5.10. The lowest BCUT2D eigenvalue weighted by Gasteiger charge is -2.13. The number of rotatable bonds is 4. The number of benzene rings is 2. The molecule has 2 aromatic rings. The molecule has 26 heavy (non-hydrogen) atoms.